The molecule has 3 aromatic rings. The predicted octanol–water partition coefficient (Wildman–Crippen LogP) is 4.27. The molecule has 0 atom stereocenters. The summed E-state index contributed by atoms with van der Waals surface area (Å²) < 4.78 is 11.5. The van der Waals surface area contributed by atoms with Crippen LogP contribution in [0.15, 0.2) is 42.5 Å². The maximum absolute atomic E-state index is 12.2. The van der Waals surface area contributed by atoms with Gasteiger partial charge in [0.05, 0.1) is 29.4 Å². The zero-order valence-electron chi connectivity index (χ0n) is 14.2. The zero-order valence-corrected chi connectivity index (χ0v) is 15.0. The van der Waals surface area contributed by atoms with E-state index in [9.17, 15) is 4.79 Å². The molecule has 0 bridgehead atoms. The van der Waals surface area contributed by atoms with E-state index in [1.165, 1.54) is 6.08 Å². The quantitative estimate of drug-likeness (QED) is 0.695. The van der Waals surface area contributed by atoms with E-state index in [0.717, 1.165) is 26.5 Å². The normalized spacial score (nSPS) is 11.0. The number of benzene rings is 2. The van der Waals surface area contributed by atoms with Gasteiger partial charge in [-0.15, -0.1) is 11.3 Å². The number of hydrogen-bond donors (Lipinski definition) is 1. The van der Waals surface area contributed by atoms with Crippen LogP contribution in [0.3, 0.4) is 0 Å². The molecule has 1 aromatic heterocycles. The molecule has 1 amide bonds. The van der Waals surface area contributed by atoms with Crippen LogP contribution in [0.4, 0.5) is 5.69 Å². The van der Waals surface area contributed by atoms with Crippen LogP contribution < -0.4 is 14.8 Å². The number of aryl methyl sites for hydroxylation is 1. The summed E-state index contributed by atoms with van der Waals surface area (Å²) in [7, 11) is 3.18. The summed E-state index contributed by atoms with van der Waals surface area (Å²) in [4.78, 5) is 16.6. The lowest BCUT2D eigenvalue weighted by molar-refractivity contribution is -0.111. The first-order valence-corrected chi connectivity index (χ1v) is 8.48. The van der Waals surface area contributed by atoms with Crippen LogP contribution in [0.2, 0.25) is 0 Å². The fourth-order valence-electron chi connectivity index (χ4n) is 2.40. The summed E-state index contributed by atoms with van der Waals surface area (Å²) in [6, 6.07) is 11.1. The van der Waals surface area contributed by atoms with E-state index in [-0.39, 0.29) is 5.91 Å². The SMILES string of the molecule is COc1cc(/C=C/C(=O)Nc2ccc3nc(C)sc3c2)cc(OC)c1. The largest absolute Gasteiger partial charge is 0.497 e. The second-order valence-electron chi connectivity index (χ2n) is 5.38. The Hall–Kier alpha value is -2.86. The van der Waals surface area contributed by atoms with Gasteiger partial charge in [0.2, 0.25) is 5.91 Å². The minimum absolute atomic E-state index is 0.206. The predicted molar refractivity (Wildman–Crippen MR) is 102 cm³/mol. The first kappa shape index (κ1) is 17.0. The van der Waals surface area contributed by atoms with Crippen LogP contribution in [0.5, 0.6) is 11.5 Å². The number of nitrogens with zero attached hydrogens (tertiary/aromatic N) is 1. The molecule has 0 aliphatic rings. The van der Waals surface area contributed by atoms with Crippen molar-refractivity contribution in [1.29, 1.82) is 0 Å². The van der Waals surface area contributed by atoms with Gasteiger partial charge in [0.15, 0.2) is 0 Å². The Morgan fingerprint density at radius 2 is 1.84 bits per heavy atom. The molecule has 25 heavy (non-hydrogen) atoms. The molecule has 2 aromatic carbocycles. The lowest BCUT2D eigenvalue weighted by atomic mass is 10.2. The van der Waals surface area contributed by atoms with Crippen molar-refractivity contribution in [2.24, 2.45) is 0 Å². The number of aromatic nitrogens is 1. The molecule has 6 heteroatoms. The zero-order chi connectivity index (χ0) is 17.8. The van der Waals surface area contributed by atoms with Gasteiger partial charge in [0, 0.05) is 17.8 Å². The van der Waals surface area contributed by atoms with E-state index >= 15 is 0 Å². The number of fused-ring (bicyclic) bond motifs is 1. The molecule has 5 nitrogen and oxygen atoms in total. The topological polar surface area (TPSA) is 60.5 Å². The van der Waals surface area contributed by atoms with Crippen molar-refractivity contribution in [2.45, 2.75) is 6.92 Å². The second-order valence-corrected chi connectivity index (χ2v) is 6.62. The van der Waals surface area contributed by atoms with Gasteiger partial charge in [-0.3, -0.25) is 4.79 Å². The summed E-state index contributed by atoms with van der Waals surface area (Å²) in [6.45, 7) is 1.97. The number of rotatable bonds is 5. The van der Waals surface area contributed by atoms with Gasteiger partial charge >= 0.3 is 0 Å². The Balaban J connectivity index is 1.73. The number of carbonyl (C=O) groups is 1. The monoisotopic (exact) mass is 354 g/mol. The van der Waals surface area contributed by atoms with Crippen molar-refractivity contribution in [3.63, 3.8) is 0 Å². The molecule has 0 spiro atoms. The average Bonchev–Trinajstić information content (AvgIpc) is 2.98. The average molecular weight is 354 g/mol. The van der Waals surface area contributed by atoms with Crippen LogP contribution in [-0.2, 0) is 4.79 Å². The number of anilines is 1. The van der Waals surface area contributed by atoms with Gasteiger partial charge in [-0.2, -0.15) is 0 Å². The lowest BCUT2D eigenvalue weighted by Gasteiger charge is -2.06. The maximum Gasteiger partial charge on any atom is 0.248 e. The fourth-order valence-corrected chi connectivity index (χ4v) is 3.27. The summed E-state index contributed by atoms with van der Waals surface area (Å²) in [5, 5.41) is 3.87. The number of carbonyl (C=O) groups excluding carboxylic acids is 1. The van der Waals surface area contributed by atoms with Crippen molar-refractivity contribution >= 4 is 39.2 Å². The number of thiazole rings is 1. The third-order valence-corrected chi connectivity index (χ3v) is 4.50. The number of methoxy groups -OCH3 is 2. The number of nitrogens with one attached hydrogen (secondary N) is 1. The van der Waals surface area contributed by atoms with Crippen molar-refractivity contribution < 1.29 is 14.3 Å². The van der Waals surface area contributed by atoms with Crippen LogP contribution in [-0.4, -0.2) is 25.1 Å². The molecule has 1 heterocycles. The van der Waals surface area contributed by atoms with Crippen LogP contribution >= 0.6 is 11.3 Å². The Labute approximate surface area is 149 Å². The van der Waals surface area contributed by atoms with Gasteiger partial charge in [-0.25, -0.2) is 4.98 Å². The molecule has 128 valence electrons. The number of ether oxygens (including phenoxy) is 2. The van der Waals surface area contributed by atoms with E-state index in [0.29, 0.717) is 11.5 Å². The minimum atomic E-state index is -0.206. The fraction of sp³-hybridized carbons (Fsp3) is 0.158. The molecule has 1 N–H and O–H groups in total. The Morgan fingerprint density at radius 3 is 2.52 bits per heavy atom. The Morgan fingerprint density at radius 1 is 1.12 bits per heavy atom. The van der Waals surface area contributed by atoms with Crippen molar-refractivity contribution in [2.75, 3.05) is 19.5 Å². The first-order chi connectivity index (χ1) is 12.1. The van der Waals surface area contributed by atoms with Crippen LogP contribution in [0.25, 0.3) is 16.3 Å². The lowest BCUT2D eigenvalue weighted by Crippen LogP contribution is -2.07. The van der Waals surface area contributed by atoms with Crippen LogP contribution in [0.1, 0.15) is 10.6 Å². The molecule has 0 saturated heterocycles. The van der Waals surface area contributed by atoms with E-state index in [4.69, 9.17) is 9.47 Å². The third-order valence-electron chi connectivity index (χ3n) is 3.56. The second kappa shape index (κ2) is 7.36. The van der Waals surface area contributed by atoms with Gasteiger partial charge in [-0.05, 0) is 48.9 Å². The Kier molecular flexibility index (Phi) is 5.00. The van der Waals surface area contributed by atoms with E-state index < -0.39 is 0 Å². The molecule has 0 unspecified atom stereocenters. The summed E-state index contributed by atoms with van der Waals surface area (Å²) in [6.07, 6.45) is 3.20. The van der Waals surface area contributed by atoms with Crippen molar-refractivity contribution in [3.05, 3.63) is 53.0 Å². The van der Waals surface area contributed by atoms with Gasteiger partial charge < -0.3 is 14.8 Å². The molecule has 0 aliphatic heterocycles. The highest BCUT2D eigenvalue weighted by Crippen LogP contribution is 2.25. The third kappa shape index (κ3) is 4.16. The van der Waals surface area contributed by atoms with E-state index in [1.54, 1.807) is 37.7 Å². The highest BCUT2D eigenvalue weighted by Gasteiger charge is 2.04. The highest BCUT2D eigenvalue weighted by atomic mass is 32.1. The first-order valence-electron chi connectivity index (χ1n) is 7.67. The maximum atomic E-state index is 12.2. The smallest absolute Gasteiger partial charge is 0.248 e. The van der Waals surface area contributed by atoms with Crippen molar-refractivity contribution in [1.82, 2.24) is 4.98 Å². The van der Waals surface area contributed by atoms with E-state index in [1.807, 2.05) is 37.3 Å². The molecule has 0 saturated carbocycles. The molecule has 0 radical (unpaired) electrons. The molecular formula is C19H18N2O3S. The molecular weight excluding hydrogens is 336 g/mol. The standard InChI is InChI=1S/C19H18N2O3S/c1-12-20-17-6-5-14(10-18(17)25-12)21-19(22)7-4-13-8-15(23-2)11-16(9-13)24-3/h4-11H,1-3H3,(H,21,22)/b7-4+. The molecule has 3 rings (SSSR count). The minimum Gasteiger partial charge on any atom is -0.497 e. The summed E-state index contributed by atoms with van der Waals surface area (Å²) >= 11 is 1.60. The number of amides is 1. The van der Waals surface area contributed by atoms with Crippen molar-refractivity contribution in [3.8, 4) is 11.5 Å². The summed E-state index contributed by atoms with van der Waals surface area (Å²) in [5.74, 6) is 1.14. The van der Waals surface area contributed by atoms with Gasteiger partial charge in [-0.1, -0.05) is 0 Å². The van der Waals surface area contributed by atoms with E-state index in [2.05, 4.69) is 10.3 Å². The summed E-state index contributed by atoms with van der Waals surface area (Å²) in [5.41, 5.74) is 2.51. The Bertz CT molecular complexity index is 925. The van der Waals surface area contributed by atoms with Gasteiger partial charge in [0.25, 0.3) is 0 Å². The highest BCUT2D eigenvalue weighted by molar-refractivity contribution is 7.18. The van der Waals surface area contributed by atoms with Crippen LogP contribution in [0, 0.1) is 6.92 Å². The number of hydrogen-bond acceptors (Lipinski definition) is 5. The molecule has 0 aliphatic carbocycles. The van der Waals surface area contributed by atoms with Gasteiger partial charge in [0.1, 0.15) is 11.5 Å². The molecule has 0 fully saturated rings.